The van der Waals surface area contributed by atoms with E-state index < -0.39 is 5.54 Å². The van der Waals surface area contributed by atoms with Crippen LogP contribution in [0.15, 0.2) is 24.3 Å². The van der Waals surface area contributed by atoms with Gasteiger partial charge in [-0.3, -0.25) is 15.0 Å². The fourth-order valence-electron chi connectivity index (χ4n) is 5.29. The second kappa shape index (κ2) is 8.19. The molecule has 1 atom stereocenters. The predicted molar refractivity (Wildman–Crippen MR) is 105 cm³/mol. The Kier molecular flexibility index (Phi) is 5.67. The van der Waals surface area contributed by atoms with E-state index in [1.54, 1.807) is 18.2 Å². The predicted octanol–water partition coefficient (Wildman–Crippen LogP) is 3.05. The first-order valence-corrected chi connectivity index (χ1v) is 10.6. The van der Waals surface area contributed by atoms with Crippen molar-refractivity contribution in [2.45, 2.75) is 63.3 Å². The van der Waals surface area contributed by atoms with Crippen LogP contribution in [0, 0.1) is 11.7 Å². The number of hydrazine groups is 1. The van der Waals surface area contributed by atoms with Crippen molar-refractivity contribution in [1.82, 2.24) is 15.3 Å². The molecule has 1 N–H and O–H groups in total. The third-order valence-corrected chi connectivity index (χ3v) is 6.62. The third kappa shape index (κ3) is 4.07. The number of likely N-dealkylation sites (tertiary alicyclic amines) is 1. The van der Waals surface area contributed by atoms with Crippen LogP contribution in [0.2, 0.25) is 0 Å². The first-order chi connectivity index (χ1) is 13.6. The van der Waals surface area contributed by atoms with Crippen molar-refractivity contribution in [3.05, 3.63) is 35.6 Å². The summed E-state index contributed by atoms with van der Waals surface area (Å²) in [5.74, 6) is 0.0198. The summed E-state index contributed by atoms with van der Waals surface area (Å²) >= 11 is 0. The van der Waals surface area contributed by atoms with Crippen LogP contribution < -0.4 is 5.43 Å². The average Bonchev–Trinajstić information content (AvgIpc) is 3.00. The molecule has 152 valence electrons. The second-order valence-electron chi connectivity index (χ2n) is 8.78. The van der Waals surface area contributed by atoms with Gasteiger partial charge in [0, 0.05) is 13.1 Å². The lowest BCUT2D eigenvalue weighted by Gasteiger charge is -2.45. The standard InChI is InChI=1S/C22H30FN3O2/c23-19-10-5-4-9-18(19)13-21(28)26-22(14-20(27)24-26)11-6-12-25(16-22)15-17-7-2-1-3-8-17/h4-5,9-10,17H,1-3,6-8,11-16H2,(H,24,27). The molecule has 2 heterocycles. The molecule has 0 bridgehead atoms. The van der Waals surface area contributed by atoms with E-state index in [4.69, 9.17) is 0 Å². The number of carbonyl (C=O) groups is 2. The average molecular weight is 387 g/mol. The maximum Gasteiger partial charge on any atom is 0.246 e. The van der Waals surface area contributed by atoms with Crippen molar-refractivity contribution in [2.75, 3.05) is 19.6 Å². The summed E-state index contributed by atoms with van der Waals surface area (Å²) in [7, 11) is 0. The minimum absolute atomic E-state index is 0.0304. The van der Waals surface area contributed by atoms with Crippen LogP contribution in [-0.4, -0.2) is 46.9 Å². The number of benzene rings is 1. The van der Waals surface area contributed by atoms with E-state index in [2.05, 4.69) is 10.3 Å². The van der Waals surface area contributed by atoms with Gasteiger partial charge in [-0.25, -0.2) is 9.40 Å². The molecule has 1 aromatic rings. The minimum Gasteiger partial charge on any atom is -0.301 e. The van der Waals surface area contributed by atoms with Gasteiger partial charge in [-0.15, -0.1) is 0 Å². The van der Waals surface area contributed by atoms with Gasteiger partial charge in [0.15, 0.2) is 0 Å². The van der Waals surface area contributed by atoms with E-state index in [-0.39, 0.29) is 24.1 Å². The molecule has 2 saturated heterocycles. The molecule has 1 aromatic carbocycles. The number of nitrogens with one attached hydrogen (secondary N) is 1. The molecule has 6 heteroatoms. The normalized spacial score (nSPS) is 26.6. The van der Waals surface area contributed by atoms with Gasteiger partial charge in [0.25, 0.3) is 0 Å². The van der Waals surface area contributed by atoms with Gasteiger partial charge in [0.1, 0.15) is 5.82 Å². The lowest BCUT2D eigenvalue weighted by molar-refractivity contribution is -0.142. The fraction of sp³-hybridized carbons (Fsp3) is 0.636. The molecule has 4 rings (SSSR count). The van der Waals surface area contributed by atoms with Crippen LogP contribution in [0.5, 0.6) is 0 Å². The van der Waals surface area contributed by atoms with Crippen molar-refractivity contribution in [1.29, 1.82) is 0 Å². The fourth-order valence-corrected chi connectivity index (χ4v) is 5.29. The van der Waals surface area contributed by atoms with Crippen LogP contribution in [0.3, 0.4) is 0 Å². The Morgan fingerprint density at radius 1 is 1.18 bits per heavy atom. The molecule has 0 aromatic heterocycles. The van der Waals surface area contributed by atoms with Gasteiger partial charge in [-0.2, -0.15) is 0 Å². The van der Waals surface area contributed by atoms with Gasteiger partial charge in [0.2, 0.25) is 11.8 Å². The number of amides is 2. The van der Waals surface area contributed by atoms with Gasteiger partial charge in [-0.1, -0.05) is 37.5 Å². The number of rotatable bonds is 4. The number of nitrogens with zero attached hydrogens (tertiary/aromatic N) is 2. The zero-order chi connectivity index (χ0) is 19.6. The molecular formula is C22H30FN3O2. The van der Waals surface area contributed by atoms with E-state index in [0.717, 1.165) is 38.4 Å². The topological polar surface area (TPSA) is 52.7 Å². The van der Waals surface area contributed by atoms with Gasteiger partial charge < -0.3 is 4.90 Å². The molecular weight excluding hydrogens is 357 g/mol. The van der Waals surface area contributed by atoms with E-state index in [9.17, 15) is 14.0 Å². The van der Waals surface area contributed by atoms with Crippen molar-refractivity contribution in [3.63, 3.8) is 0 Å². The van der Waals surface area contributed by atoms with Crippen LogP contribution in [-0.2, 0) is 16.0 Å². The Morgan fingerprint density at radius 2 is 1.96 bits per heavy atom. The van der Waals surface area contributed by atoms with E-state index in [1.807, 2.05) is 0 Å². The number of hydrogen-bond donors (Lipinski definition) is 1. The first-order valence-electron chi connectivity index (χ1n) is 10.6. The molecule has 1 unspecified atom stereocenters. The lowest BCUT2D eigenvalue weighted by atomic mass is 9.84. The van der Waals surface area contributed by atoms with Crippen LogP contribution in [0.4, 0.5) is 4.39 Å². The highest BCUT2D eigenvalue weighted by molar-refractivity contribution is 5.88. The number of hydrogen-bond acceptors (Lipinski definition) is 3. The summed E-state index contributed by atoms with van der Waals surface area (Å²) in [4.78, 5) is 27.7. The summed E-state index contributed by atoms with van der Waals surface area (Å²) in [6.07, 6.45) is 8.66. The monoisotopic (exact) mass is 387 g/mol. The summed E-state index contributed by atoms with van der Waals surface area (Å²) < 4.78 is 14.0. The Morgan fingerprint density at radius 3 is 2.75 bits per heavy atom. The molecule has 1 spiro atoms. The number of halogens is 1. The molecule has 3 fully saturated rings. The van der Waals surface area contributed by atoms with Crippen molar-refractivity contribution in [3.8, 4) is 0 Å². The van der Waals surface area contributed by atoms with E-state index in [0.29, 0.717) is 12.0 Å². The van der Waals surface area contributed by atoms with E-state index >= 15 is 0 Å². The third-order valence-electron chi connectivity index (χ3n) is 6.62. The maximum absolute atomic E-state index is 14.0. The molecule has 2 aliphatic heterocycles. The molecule has 2 amide bonds. The summed E-state index contributed by atoms with van der Waals surface area (Å²) in [6.45, 7) is 2.82. The molecule has 1 aliphatic carbocycles. The molecule has 5 nitrogen and oxygen atoms in total. The zero-order valence-electron chi connectivity index (χ0n) is 16.5. The highest BCUT2D eigenvalue weighted by Gasteiger charge is 2.50. The number of piperidine rings is 1. The van der Waals surface area contributed by atoms with Crippen molar-refractivity contribution >= 4 is 11.8 Å². The first kappa shape index (κ1) is 19.4. The highest BCUT2D eigenvalue weighted by atomic mass is 19.1. The smallest absolute Gasteiger partial charge is 0.246 e. The molecule has 1 saturated carbocycles. The second-order valence-corrected chi connectivity index (χ2v) is 8.78. The van der Waals surface area contributed by atoms with Gasteiger partial charge in [-0.05, 0) is 49.8 Å². The van der Waals surface area contributed by atoms with E-state index in [1.165, 1.54) is 43.2 Å². The number of carbonyl (C=O) groups excluding carboxylic acids is 2. The van der Waals surface area contributed by atoms with Crippen LogP contribution in [0.25, 0.3) is 0 Å². The van der Waals surface area contributed by atoms with Crippen molar-refractivity contribution in [2.24, 2.45) is 5.92 Å². The summed E-state index contributed by atoms with van der Waals surface area (Å²) in [5, 5.41) is 1.54. The summed E-state index contributed by atoms with van der Waals surface area (Å²) in [6, 6.07) is 6.35. The lowest BCUT2D eigenvalue weighted by Crippen LogP contribution is -2.60. The van der Waals surface area contributed by atoms with Crippen LogP contribution in [0.1, 0.15) is 56.9 Å². The van der Waals surface area contributed by atoms with Crippen LogP contribution >= 0.6 is 0 Å². The zero-order valence-corrected chi connectivity index (χ0v) is 16.5. The SMILES string of the molecule is O=C1CC2(CCCN(CC3CCCCC3)C2)N(C(=O)Cc2ccccc2F)N1. The molecule has 28 heavy (non-hydrogen) atoms. The Bertz CT molecular complexity index is 734. The van der Waals surface area contributed by atoms with Crippen molar-refractivity contribution < 1.29 is 14.0 Å². The maximum atomic E-state index is 14.0. The van der Waals surface area contributed by atoms with Gasteiger partial charge >= 0.3 is 0 Å². The quantitative estimate of drug-likeness (QED) is 0.864. The molecule has 0 radical (unpaired) electrons. The Hall–Kier alpha value is -1.95. The van der Waals surface area contributed by atoms with Gasteiger partial charge in [0.05, 0.1) is 18.4 Å². The Balaban J connectivity index is 1.46. The Labute approximate surface area is 166 Å². The summed E-state index contributed by atoms with van der Waals surface area (Å²) in [5.41, 5.74) is 2.65. The molecule has 3 aliphatic rings. The minimum atomic E-state index is -0.494. The highest BCUT2D eigenvalue weighted by Crippen LogP contribution is 2.35. The largest absolute Gasteiger partial charge is 0.301 e.